The molecule has 0 bridgehead atoms. The molecule has 1 aromatic heterocycles. The molecule has 1 heterocycles. The highest BCUT2D eigenvalue weighted by atomic mass is 16.5. The minimum Gasteiger partial charge on any atom is -0.496 e. The Bertz CT molecular complexity index is 1130. The molecule has 28 heavy (non-hydrogen) atoms. The summed E-state index contributed by atoms with van der Waals surface area (Å²) in [5.41, 5.74) is 1.27. The molecule has 0 aliphatic rings. The quantitative estimate of drug-likeness (QED) is 0.685. The zero-order valence-electron chi connectivity index (χ0n) is 16.1. The molecule has 146 valence electrons. The Labute approximate surface area is 161 Å². The van der Waals surface area contributed by atoms with E-state index in [-0.39, 0.29) is 36.0 Å². The van der Waals surface area contributed by atoms with Gasteiger partial charge in [-0.3, -0.25) is 19.5 Å². The zero-order valence-corrected chi connectivity index (χ0v) is 16.1. The third-order valence-corrected chi connectivity index (χ3v) is 4.68. The predicted octanol–water partition coefficient (Wildman–Crippen LogP) is 2.27. The summed E-state index contributed by atoms with van der Waals surface area (Å²) < 4.78 is 6.55. The number of aromatic amines is 1. The van der Waals surface area contributed by atoms with Gasteiger partial charge in [0.15, 0.2) is 0 Å². The highest BCUT2D eigenvalue weighted by molar-refractivity contribution is 5.80. The molecular formula is C21H23N3O4. The summed E-state index contributed by atoms with van der Waals surface area (Å²) in [6, 6.07) is 12.1. The van der Waals surface area contributed by atoms with Gasteiger partial charge in [-0.05, 0) is 32.0 Å². The van der Waals surface area contributed by atoms with Crippen molar-refractivity contribution < 1.29 is 9.53 Å². The number of H-pyrrole nitrogens is 1. The van der Waals surface area contributed by atoms with E-state index in [0.29, 0.717) is 16.5 Å². The molecule has 2 N–H and O–H groups in total. The lowest BCUT2D eigenvalue weighted by Crippen LogP contribution is -2.33. The predicted molar refractivity (Wildman–Crippen MR) is 108 cm³/mol. The van der Waals surface area contributed by atoms with Crippen molar-refractivity contribution in [2.24, 2.45) is 0 Å². The first-order chi connectivity index (χ1) is 13.4. The van der Waals surface area contributed by atoms with Crippen molar-refractivity contribution >= 4 is 16.7 Å². The maximum Gasteiger partial charge on any atom is 0.273 e. The topological polar surface area (TPSA) is 93.2 Å². The smallest absolute Gasteiger partial charge is 0.273 e. The molecule has 0 fully saturated rings. The highest BCUT2D eigenvalue weighted by Gasteiger charge is 2.15. The second-order valence-corrected chi connectivity index (χ2v) is 6.73. The van der Waals surface area contributed by atoms with E-state index >= 15 is 0 Å². The van der Waals surface area contributed by atoms with Crippen molar-refractivity contribution in [1.82, 2.24) is 15.1 Å². The van der Waals surface area contributed by atoms with E-state index in [0.717, 1.165) is 11.1 Å². The maximum absolute atomic E-state index is 12.5. The summed E-state index contributed by atoms with van der Waals surface area (Å²) in [7, 11) is 1.59. The van der Waals surface area contributed by atoms with Crippen molar-refractivity contribution in [3.8, 4) is 5.75 Å². The molecule has 7 heteroatoms. The highest BCUT2D eigenvalue weighted by Crippen LogP contribution is 2.26. The summed E-state index contributed by atoms with van der Waals surface area (Å²) in [6.07, 6.45) is 0.0622. The van der Waals surface area contributed by atoms with Gasteiger partial charge < -0.3 is 10.1 Å². The molecule has 1 amide bonds. The largest absolute Gasteiger partial charge is 0.496 e. The average Bonchev–Trinajstić information content (AvgIpc) is 2.69. The SMILES string of the molecule is COc1ccc(C)cc1[C@H](C)NC(=O)CCn1[nH]c(=O)c2ccccc2c1=O. The molecule has 2 aromatic carbocycles. The molecule has 0 aliphatic heterocycles. The number of ether oxygens (including phenoxy) is 1. The number of amides is 1. The molecule has 1 atom stereocenters. The molecule has 3 aromatic rings. The van der Waals surface area contributed by atoms with Gasteiger partial charge >= 0.3 is 0 Å². The number of nitrogens with one attached hydrogen (secondary N) is 2. The number of nitrogens with zero attached hydrogens (tertiary/aromatic N) is 1. The van der Waals surface area contributed by atoms with E-state index in [2.05, 4.69) is 10.4 Å². The normalized spacial score (nSPS) is 12.0. The second-order valence-electron chi connectivity index (χ2n) is 6.73. The molecule has 0 aliphatic carbocycles. The van der Waals surface area contributed by atoms with Gasteiger partial charge in [-0.1, -0.05) is 29.8 Å². The number of hydrogen-bond acceptors (Lipinski definition) is 4. The molecule has 3 rings (SSSR count). The van der Waals surface area contributed by atoms with Gasteiger partial charge in [-0.25, -0.2) is 4.68 Å². The molecule has 0 spiro atoms. The minimum absolute atomic E-state index is 0.0622. The van der Waals surface area contributed by atoms with Gasteiger partial charge in [0.2, 0.25) is 5.91 Å². The summed E-state index contributed by atoms with van der Waals surface area (Å²) >= 11 is 0. The Hall–Kier alpha value is -3.35. The van der Waals surface area contributed by atoms with E-state index in [1.807, 2.05) is 32.0 Å². The van der Waals surface area contributed by atoms with Crippen LogP contribution in [0.15, 0.2) is 52.1 Å². The Balaban J connectivity index is 1.72. The average molecular weight is 381 g/mol. The van der Waals surface area contributed by atoms with Gasteiger partial charge in [0, 0.05) is 12.0 Å². The van der Waals surface area contributed by atoms with Crippen LogP contribution in [0, 0.1) is 6.92 Å². The first-order valence-corrected chi connectivity index (χ1v) is 9.06. The Morgan fingerprint density at radius 1 is 1.18 bits per heavy atom. The fraction of sp³-hybridized carbons (Fsp3) is 0.286. The third kappa shape index (κ3) is 3.98. The lowest BCUT2D eigenvalue weighted by molar-refractivity contribution is -0.122. The van der Waals surface area contributed by atoms with Crippen LogP contribution < -0.4 is 21.2 Å². The monoisotopic (exact) mass is 381 g/mol. The van der Waals surface area contributed by atoms with Gasteiger partial charge in [0.25, 0.3) is 11.1 Å². The van der Waals surface area contributed by atoms with Gasteiger partial charge in [0.1, 0.15) is 5.75 Å². The van der Waals surface area contributed by atoms with Crippen LogP contribution in [0.1, 0.15) is 30.5 Å². The van der Waals surface area contributed by atoms with Crippen molar-refractivity contribution in [2.45, 2.75) is 32.9 Å². The van der Waals surface area contributed by atoms with Crippen LogP contribution in [0.2, 0.25) is 0 Å². The Kier molecular flexibility index (Phi) is 5.63. The summed E-state index contributed by atoms with van der Waals surface area (Å²) in [6.45, 7) is 3.93. The number of fused-ring (bicyclic) bond motifs is 1. The zero-order chi connectivity index (χ0) is 20.3. The van der Waals surface area contributed by atoms with Crippen LogP contribution in [-0.2, 0) is 11.3 Å². The van der Waals surface area contributed by atoms with Crippen LogP contribution in [0.25, 0.3) is 10.8 Å². The number of benzene rings is 2. The maximum atomic E-state index is 12.5. The molecule has 0 unspecified atom stereocenters. The fourth-order valence-electron chi connectivity index (χ4n) is 3.20. The van der Waals surface area contributed by atoms with Crippen molar-refractivity contribution in [3.05, 3.63) is 74.3 Å². The molecule has 0 radical (unpaired) electrons. The van der Waals surface area contributed by atoms with Crippen molar-refractivity contribution in [2.75, 3.05) is 7.11 Å². The van der Waals surface area contributed by atoms with E-state index in [1.54, 1.807) is 31.4 Å². The summed E-state index contributed by atoms with van der Waals surface area (Å²) in [4.78, 5) is 37.0. The number of carbonyl (C=O) groups is 1. The number of aromatic nitrogens is 2. The Morgan fingerprint density at radius 3 is 2.61 bits per heavy atom. The van der Waals surface area contributed by atoms with E-state index in [1.165, 1.54) is 4.68 Å². The fourth-order valence-corrected chi connectivity index (χ4v) is 3.20. The summed E-state index contributed by atoms with van der Waals surface area (Å²) in [5.74, 6) is 0.477. The minimum atomic E-state index is -0.353. The van der Waals surface area contributed by atoms with Crippen LogP contribution >= 0.6 is 0 Å². The number of rotatable bonds is 6. The lowest BCUT2D eigenvalue weighted by atomic mass is 10.0. The molecular weight excluding hydrogens is 358 g/mol. The molecule has 0 saturated heterocycles. The van der Waals surface area contributed by atoms with Gasteiger partial charge in [0.05, 0.1) is 30.5 Å². The van der Waals surface area contributed by atoms with Gasteiger partial charge in [-0.15, -0.1) is 0 Å². The first kappa shape index (κ1) is 19.4. The van der Waals surface area contributed by atoms with E-state index in [9.17, 15) is 14.4 Å². The number of aryl methyl sites for hydroxylation is 2. The van der Waals surface area contributed by atoms with Crippen LogP contribution in [0.4, 0.5) is 0 Å². The second kappa shape index (κ2) is 8.12. The lowest BCUT2D eigenvalue weighted by Gasteiger charge is -2.18. The van der Waals surface area contributed by atoms with Crippen molar-refractivity contribution in [3.63, 3.8) is 0 Å². The first-order valence-electron chi connectivity index (χ1n) is 9.06. The third-order valence-electron chi connectivity index (χ3n) is 4.68. The van der Waals surface area contributed by atoms with E-state index < -0.39 is 0 Å². The number of methoxy groups -OCH3 is 1. The summed E-state index contributed by atoms with van der Waals surface area (Å²) in [5, 5.41) is 6.13. The molecule has 0 saturated carbocycles. The number of hydrogen-bond donors (Lipinski definition) is 2. The standard InChI is InChI=1S/C21H23N3O4/c1-13-8-9-18(28-3)17(12-13)14(2)22-19(25)10-11-24-21(27)16-7-5-4-6-15(16)20(26)23-24/h4-9,12,14H,10-11H2,1-3H3,(H,22,25)(H,23,26)/t14-/m0/s1. The van der Waals surface area contributed by atoms with Crippen molar-refractivity contribution in [1.29, 1.82) is 0 Å². The van der Waals surface area contributed by atoms with E-state index in [4.69, 9.17) is 4.74 Å². The van der Waals surface area contributed by atoms with Crippen LogP contribution in [0.3, 0.4) is 0 Å². The molecule has 7 nitrogen and oxygen atoms in total. The van der Waals surface area contributed by atoms with Crippen LogP contribution in [0.5, 0.6) is 5.75 Å². The number of carbonyl (C=O) groups excluding carboxylic acids is 1. The van der Waals surface area contributed by atoms with Gasteiger partial charge in [-0.2, -0.15) is 0 Å². The van der Waals surface area contributed by atoms with Crippen LogP contribution in [-0.4, -0.2) is 22.8 Å². The Morgan fingerprint density at radius 2 is 1.89 bits per heavy atom.